The van der Waals surface area contributed by atoms with Gasteiger partial charge in [-0.3, -0.25) is 4.79 Å². The number of halogens is 2. The second-order valence-electron chi connectivity index (χ2n) is 4.14. The molecule has 7 heteroatoms. The maximum atomic E-state index is 13.7. The Morgan fingerprint density at radius 2 is 2.05 bits per heavy atom. The Morgan fingerprint density at radius 3 is 2.70 bits per heavy atom. The van der Waals surface area contributed by atoms with E-state index in [0.717, 1.165) is 12.1 Å². The molecule has 0 aliphatic rings. The molecular formula is C13H11F2N3O2. The molecule has 0 fully saturated rings. The maximum absolute atomic E-state index is 13.7. The molecule has 0 bridgehead atoms. The minimum absolute atomic E-state index is 0.124. The number of likely N-dealkylation sites (N-methyl/N-ethyl adjacent to an activating group) is 1. The summed E-state index contributed by atoms with van der Waals surface area (Å²) >= 11 is 0. The number of aromatic nitrogens is 2. The highest BCUT2D eigenvalue weighted by molar-refractivity contribution is 5.73. The predicted molar refractivity (Wildman–Crippen MR) is 68.3 cm³/mol. The lowest BCUT2D eigenvalue weighted by Crippen LogP contribution is -2.25. The summed E-state index contributed by atoms with van der Waals surface area (Å²) in [4.78, 5) is 19.9. The zero-order valence-electron chi connectivity index (χ0n) is 10.5. The van der Waals surface area contributed by atoms with Crippen LogP contribution in [0.2, 0.25) is 0 Å². The number of aliphatic carboxylic acids is 1. The summed E-state index contributed by atoms with van der Waals surface area (Å²) in [5.41, 5.74) is 0.378. The topological polar surface area (TPSA) is 66.3 Å². The molecule has 0 unspecified atom stereocenters. The van der Waals surface area contributed by atoms with E-state index in [1.807, 2.05) is 0 Å². The van der Waals surface area contributed by atoms with Gasteiger partial charge in [0.15, 0.2) is 0 Å². The van der Waals surface area contributed by atoms with Crippen molar-refractivity contribution in [3.8, 4) is 11.3 Å². The van der Waals surface area contributed by atoms with Gasteiger partial charge >= 0.3 is 5.97 Å². The minimum atomic E-state index is -1.01. The molecule has 0 aliphatic heterocycles. The maximum Gasteiger partial charge on any atom is 0.323 e. The summed E-state index contributed by atoms with van der Waals surface area (Å²) in [6, 6.07) is 4.60. The van der Waals surface area contributed by atoms with E-state index in [4.69, 9.17) is 5.11 Å². The van der Waals surface area contributed by atoms with Gasteiger partial charge in [0.1, 0.15) is 30.3 Å². The van der Waals surface area contributed by atoms with Gasteiger partial charge in [0.25, 0.3) is 0 Å². The number of rotatable bonds is 4. The molecule has 1 aromatic heterocycles. The molecule has 2 rings (SSSR count). The smallest absolute Gasteiger partial charge is 0.323 e. The molecule has 0 atom stereocenters. The van der Waals surface area contributed by atoms with Crippen molar-refractivity contribution in [1.82, 2.24) is 9.97 Å². The van der Waals surface area contributed by atoms with Crippen molar-refractivity contribution in [3.05, 3.63) is 42.2 Å². The first kappa shape index (κ1) is 13.9. The first-order valence-electron chi connectivity index (χ1n) is 5.68. The fourth-order valence-electron chi connectivity index (χ4n) is 1.68. The van der Waals surface area contributed by atoms with Crippen LogP contribution in [0.5, 0.6) is 0 Å². The van der Waals surface area contributed by atoms with E-state index in [1.54, 1.807) is 7.05 Å². The van der Waals surface area contributed by atoms with Crippen molar-refractivity contribution >= 4 is 11.8 Å². The fraction of sp³-hybridized carbons (Fsp3) is 0.154. The van der Waals surface area contributed by atoms with Crippen molar-refractivity contribution in [3.63, 3.8) is 0 Å². The molecule has 104 valence electrons. The number of hydrogen-bond donors (Lipinski definition) is 1. The summed E-state index contributed by atoms with van der Waals surface area (Å²) in [7, 11) is 1.54. The molecule has 0 aliphatic carbocycles. The zero-order valence-corrected chi connectivity index (χ0v) is 10.5. The molecule has 5 nitrogen and oxygen atoms in total. The van der Waals surface area contributed by atoms with Crippen LogP contribution in [0, 0.1) is 11.6 Å². The molecule has 0 amide bonds. The summed E-state index contributed by atoms with van der Waals surface area (Å²) in [5, 5.41) is 8.72. The number of nitrogens with zero attached hydrogens (tertiary/aromatic N) is 3. The van der Waals surface area contributed by atoms with Gasteiger partial charge in [-0.15, -0.1) is 0 Å². The van der Waals surface area contributed by atoms with Gasteiger partial charge in [-0.2, -0.15) is 0 Å². The molecule has 0 saturated heterocycles. The SMILES string of the molecule is CN(CC(=O)O)c1cc(-c2ccc(F)cc2F)ncn1. The average molecular weight is 279 g/mol. The van der Waals surface area contributed by atoms with E-state index in [1.165, 1.54) is 23.4 Å². The van der Waals surface area contributed by atoms with E-state index in [9.17, 15) is 13.6 Å². The largest absolute Gasteiger partial charge is 0.480 e. The molecule has 0 radical (unpaired) electrons. The van der Waals surface area contributed by atoms with Gasteiger partial charge in [0, 0.05) is 24.7 Å². The van der Waals surface area contributed by atoms with Gasteiger partial charge < -0.3 is 10.0 Å². The van der Waals surface area contributed by atoms with Crippen LogP contribution in [0.1, 0.15) is 0 Å². The van der Waals surface area contributed by atoms with Crippen LogP contribution in [0.25, 0.3) is 11.3 Å². The highest BCUT2D eigenvalue weighted by atomic mass is 19.1. The van der Waals surface area contributed by atoms with E-state index in [-0.39, 0.29) is 17.8 Å². The summed E-state index contributed by atoms with van der Waals surface area (Å²) < 4.78 is 26.5. The van der Waals surface area contributed by atoms with E-state index < -0.39 is 17.6 Å². The quantitative estimate of drug-likeness (QED) is 0.926. The van der Waals surface area contributed by atoms with Gasteiger partial charge in [0.05, 0.1) is 5.69 Å². The lowest BCUT2D eigenvalue weighted by atomic mass is 10.1. The average Bonchev–Trinajstić information content (AvgIpc) is 2.38. The van der Waals surface area contributed by atoms with Crippen LogP contribution in [-0.2, 0) is 4.79 Å². The number of benzene rings is 1. The Labute approximate surface area is 113 Å². The monoisotopic (exact) mass is 279 g/mol. The third kappa shape index (κ3) is 3.05. The van der Waals surface area contributed by atoms with E-state index in [0.29, 0.717) is 5.82 Å². The van der Waals surface area contributed by atoms with Crippen LogP contribution in [-0.4, -0.2) is 34.6 Å². The third-order valence-corrected chi connectivity index (χ3v) is 2.62. The van der Waals surface area contributed by atoms with Gasteiger partial charge in [0.2, 0.25) is 0 Å². The Balaban J connectivity index is 2.36. The second kappa shape index (κ2) is 5.60. The lowest BCUT2D eigenvalue weighted by molar-refractivity contribution is -0.135. The Hall–Kier alpha value is -2.57. The van der Waals surface area contributed by atoms with E-state index >= 15 is 0 Å². The first-order chi connectivity index (χ1) is 9.47. The van der Waals surface area contributed by atoms with Crippen LogP contribution in [0.3, 0.4) is 0 Å². The van der Waals surface area contributed by atoms with Crippen molar-refractivity contribution in [2.24, 2.45) is 0 Å². The molecule has 0 saturated carbocycles. The van der Waals surface area contributed by atoms with Crippen LogP contribution in [0.15, 0.2) is 30.6 Å². The van der Waals surface area contributed by atoms with Crippen LogP contribution in [0.4, 0.5) is 14.6 Å². The standard InChI is InChI=1S/C13H11F2N3O2/c1-18(6-13(19)20)12-5-11(16-7-17-12)9-3-2-8(14)4-10(9)15/h2-5,7H,6H2,1H3,(H,19,20). The summed E-state index contributed by atoms with van der Waals surface area (Å²) in [5.74, 6) is -2.10. The molecular weight excluding hydrogens is 268 g/mol. The second-order valence-corrected chi connectivity index (χ2v) is 4.14. The molecule has 1 heterocycles. The molecule has 20 heavy (non-hydrogen) atoms. The van der Waals surface area contributed by atoms with Crippen molar-refractivity contribution < 1.29 is 18.7 Å². The van der Waals surface area contributed by atoms with Crippen molar-refractivity contribution in [1.29, 1.82) is 0 Å². The van der Waals surface area contributed by atoms with Gasteiger partial charge in [-0.1, -0.05) is 0 Å². The Kier molecular flexibility index (Phi) is 3.88. The van der Waals surface area contributed by atoms with Crippen molar-refractivity contribution in [2.45, 2.75) is 0 Å². The van der Waals surface area contributed by atoms with Crippen LogP contribution >= 0.6 is 0 Å². The third-order valence-electron chi connectivity index (χ3n) is 2.62. The molecule has 1 N–H and O–H groups in total. The molecule has 1 aromatic carbocycles. The van der Waals surface area contributed by atoms with Crippen molar-refractivity contribution in [2.75, 3.05) is 18.5 Å². The predicted octanol–water partition coefficient (Wildman–Crippen LogP) is 1.94. The van der Waals surface area contributed by atoms with Gasteiger partial charge in [-0.05, 0) is 12.1 Å². The highest BCUT2D eigenvalue weighted by Crippen LogP contribution is 2.23. The number of carboxylic acids is 1. The number of carbonyl (C=O) groups is 1. The Bertz CT molecular complexity index is 649. The zero-order chi connectivity index (χ0) is 14.7. The van der Waals surface area contributed by atoms with Crippen LogP contribution < -0.4 is 4.90 Å². The number of anilines is 1. The summed E-state index contributed by atoms with van der Waals surface area (Å²) in [6.45, 7) is -0.248. The number of carboxylic acid groups (broad SMARTS) is 1. The first-order valence-corrected chi connectivity index (χ1v) is 5.68. The normalized spacial score (nSPS) is 10.3. The number of hydrogen-bond acceptors (Lipinski definition) is 4. The minimum Gasteiger partial charge on any atom is -0.480 e. The molecule has 0 spiro atoms. The Morgan fingerprint density at radius 1 is 1.30 bits per heavy atom. The van der Waals surface area contributed by atoms with Gasteiger partial charge in [-0.25, -0.2) is 18.7 Å². The fourth-order valence-corrected chi connectivity index (χ4v) is 1.68. The summed E-state index contributed by atoms with van der Waals surface area (Å²) in [6.07, 6.45) is 1.20. The molecule has 2 aromatic rings. The lowest BCUT2D eigenvalue weighted by Gasteiger charge is -2.15. The highest BCUT2D eigenvalue weighted by Gasteiger charge is 2.12. The van der Waals surface area contributed by atoms with E-state index in [2.05, 4.69) is 9.97 Å².